The Balaban J connectivity index is 2.16. The van der Waals surface area contributed by atoms with Crippen LogP contribution in [0, 0.1) is 10.1 Å². The lowest BCUT2D eigenvalue weighted by atomic mass is 9.94. The number of allylic oxidation sites excluding steroid dienone is 1. The number of carbonyl (C=O) groups excluding carboxylic acids is 2. The number of fused-ring (bicyclic) bond motifs is 1. The maximum Gasteiger partial charge on any atom is 0.338 e. The van der Waals surface area contributed by atoms with Crippen molar-refractivity contribution >= 4 is 34.5 Å². The van der Waals surface area contributed by atoms with Gasteiger partial charge in [-0.3, -0.25) is 19.8 Å². The molecule has 0 N–H and O–H groups in total. The molecule has 0 radical (unpaired) electrons. The molecule has 0 aliphatic carbocycles. The predicted molar refractivity (Wildman–Crippen MR) is 91.9 cm³/mol. The number of thioether (sulfide) groups is 1. The number of nitro groups is 1. The van der Waals surface area contributed by atoms with Gasteiger partial charge < -0.3 is 4.74 Å². The second kappa shape index (κ2) is 6.67. The highest BCUT2D eigenvalue weighted by molar-refractivity contribution is 8.15. The van der Waals surface area contributed by atoms with E-state index in [1.807, 2.05) is 0 Å². The van der Waals surface area contributed by atoms with Gasteiger partial charge in [0, 0.05) is 12.1 Å². The van der Waals surface area contributed by atoms with Crippen LogP contribution >= 0.6 is 11.8 Å². The molecule has 0 aromatic heterocycles. The van der Waals surface area contributed by atoms with Crippen LogP contribution in [0.1, 0.15) is 25.5 Å². The average molecular weight is 361 g/mol. The van der Waals surface area contributed by atoms with Gasteiger partial charge in [0.05, 0.1) is 34.6 Å². The van der Waals surface area contributed by atoms with E-state index in [-0.39, 0.29) is 29.5 Å². The number of amidine groups is 1. The molecule has 0 spiro atoms. The SMILES string of the molecule is CCOC(=O)C1=C(C)N=C2SCC(=O)N2C1c1cccc([N+](=O)[O-])c1. The zero-order valence-corrected chi connectivity index (χ0v) is 14.4. The van der Waals surface area contributed by atoms with Crippen LogP contribution in [-0.4, -0.2) is 39.2 Å². The highest BCUT2D eigenvalue weighted by Gasteiger charge is 2.43. The Morgan fingerprint density at radius 1 is 1.52 bits per heavy atom. The lowest BCUT2D eigenvalue weighted by Crippen LogP contribution is -2.39. The summed E-state index contributed by atoms with van der Waals surface area (Å²) in [5.41, 5.74) is 1.03. The number of nitrogens with zero attached hydrogens (tertiary/aromatic N) is 3. The first-order valence-corrected chi connectivity index (χ1v) is 8.58. The minimum Gasteiger partial charge on any atom is -0.463 e. The number of rotatable bonds is 4. The standard InChI is InChI=1S/C16H15N3O5S/c1-3-24-15(21)13-9(2)17-16-18(12(20)8-25-16)14(13)10-5-4-6-11(7-10)19(22)23/h4-7,14H,3,8H2,1-2H3. The van der Waals surface area contributed by atoms with Gasteiger partial charge in [0.1, 0.15) is 0 Å². The van der Waals surface area contributed by atoms with E-state index in [4.69, 9.17) is 4.74 Å². The maximum absolute atomic E-state index is 12.5. The Hall–Kier alpha value is -2.68. The van der Waals surface area contributed by atoms with E-state index in [1.54, 1.807) is 19.9 Å². The van der Waals surface area contributed by atoms with Crippen LogP contribution in [0.5, 0.6) is 0 Å². The van der Waals surface area contributed by atoms with Crippen LogP contribution < -0.4 is 0 Å². The highest BCUT2D eigenvalue weighted by Crippen LogP contribution is 2.41. The van der Waals surface area contributed by atoms with Crippen molar-refractivity contribution in [3.63, 3.8) is 0 Å². The molecule has 2 heterocycles. The topological polar surface area (TPSA) is 102 Å². The molecule has 130 valence electrons. The summed E-state index contributed by atoms with van der Waals surface area (Å²) in [6.07, 6.45) is 0. The predicted octanol–water partition coefficient (Wildman–Crippen LogP) is 2.42. The fraction of sp³-hybridized carbons (Fsp3) is 0.312. The summed E-state index contributed by atoms with van der Waals surface area (Å²) in [6, 6.07) is 5.14. The van der Waals surface area contributed by atoms with E-state index in [2.05, 4.69) is 4.99 Å². The Labute approximate surface area is 147 Å². The molecule has 1 unspecified atom stereocenters. The molecule has 8 nitrogen and oxygen atoms in total. The summed E-state index contributed by atoms with van der Waals surface area (Å²) in [5.74, 6) is -0.563. The fourth-order valence-electron chi connectivity index (χ4n) is 2.84. The number of amides is 1. The van der Waals surface area contributed by atoms with Crippen LogP contribution in [-0.2, 0) is 14.3 Å². The van der Waals surface area contributed by atoms with Gasteiger partial charge in [-0.05, 0) is 19.4 Å². The first-order valence-electron chi connectivity index (χ1n) is 7.59. The normalized spacial score (nSPS) is 19.6. The van der Waals surface area contributed by atoms with Crippen molar-refractivity contribution in [3.05, 3.63) is 51.2 Å². The van der Waals surface area contributed by atoms with Crippen LogP contribution in [0.25, 0.3) is 0 Å². The van der Waals surface area contributed by atoms with Gasteiger partial charge in [0.15, 0.2) is 5.17 Å². The number of aliphatic imine (C=N–C) groups is 1. The summed E-state index contributed by atoms with van der Waals surface area (Å²) >= 11 is 1.28. The number of ether oxygens (including phenoxy) is 1. The zero-order valence-electron chi connectivity index (χ0n) is 13.6. The lowest BCUT2D eigenvalue weighted by molar-refractivity contribution is -0.384. The molecular formula is C16H15N3O5S. The lowest BCUT2D eigenvalue weighted by Gasteiger charge is -2.32. The van der Waals surface area contributed by atoms with E-state index in [9.17, 15) is 19.7 Å². The number of hydrogen-bond donors (Lipinski definition) is 0. The first-order chi connectivity index (χ1) is 11.9. The number of carbonyl (C=O) groups is 2. The highest BCUT2D eigenvalue weighted by atomic mass is 32.2. The Bertz CT molecular complexity index is 833. The van der Waals surface area contributed by atoms with Gasteiger partial charge in [-0.1, -0.05) is 23.9 Å². The first kappa shape index (κ1) is 17.2. The zero-order chi connectivity index (χ0) is 18.1. The molecule has 1 fully saturated rings. The van der Waals surface area contributed by atoms with Crippen molar-refractivity contribution in [2.75, 3.05) is 12.4 Å². The molecule has 0 saturated carbocycles. The smallest absolute Gasteiger partial charge is 0.338 e. The third kappa shape index (κ3) is 3.02. The molecule has 1 atom stereocenters. The van der Waals surface area contributed by atoms with E-state index in [1.165, 1.54) is 34.9 Å². The van der Waals surface area contributed by atoms with Crippen molar-refractivity contribution in [1.29, 1.82) is 0 Å². The maximum atomic E-state index is 12.5. The number of benzene rings is 1. The van der Waals surface area contributed by atoms with Crippen molar-refractivity contribution in [3.8, 4) is 0 Å². The van der Waals surface area contributed by atoms with Gasteiger partial charge in [0.2, 0.25) is 5.91 Å². The van der Waals surface area contributed by atoms with Gasteiger partial charge in [-0.15, -0.1) is 0 Å². The van der Waals surface area contributed by atoms with Crippen molar-refractivity contribution in [2.45, 2.75) is 19.9 Å². The number of esters is 1. The molecular weight excluding hydrogens is 346 g/mol. The van der Waals surface area contributed by atoms with Crippen LogP contribution in [0.4, 0.5) is 5.69 Å². The Morgan fingerprint density at radius 2 is 2.28 bits per heavy atom. The van der Waals surface area contributed by atoms with E-state index < -0.39 is 16.9 Å². The summed E-state index contributed by atoms with van der Waals surface area (Å²) in [4.78, 5) is 41.2. The Kier molecular flexibility index (Phi) is 4.58. The summed E-state index contributed by atoms with van der Waals surface area (Å²) in [5, 5.41) is 11.6. The summed E-state index contributed by atoms with van der Waals surface area (Å²) in [6.45, 7) is 3.53. The van der Waals surface area contributed by atoms with Gasteiger partial charge in [-0.25, -0.2) is 9.79 Å². The van der Waals surface area contributed by atoms with E-state index >= 15 is 0 Å². The average Bonchev–Trinajstić information content (AvgIpc) is 2.94. The minimum atomic E-state index is -0.783. The number of non-ortho nitro benzene ring substituents is 1. The molecule has 0 bridgehead atoms. The molecule has 2 aliphatic rings. The van der Waals surface area contributed by atoms with Crippen LogP contribution in [0.15, 0.2) is 40.5 Å². The molecule has 1 aromatic rings. The van der Waals surface area contributed by atoms with Gasteiger partial charge >= 0.3 is 5.97 Å². The molecule has 25 heavy (non-hydrogen) atoms. The largest absolute Gasteiger partial charge is 0.463 e. The molecule has 9 heteroatoms. The van der Waals surface area contributed by atoms with Crippen LogP contribution in [0.3, 0.4) is 0 Å². The van der Waals surface area contributed by atoms with Crippen LogP contribution in [0.2, 0.25) is 0 Å². The van der Waals surface area contributed by atoms with Crippen molar-refractivity contribution < 1.29 is 19.2 Å². The monoisotopic (exact) mass is 361 g/mol. The minimum absolute atomic E-state index is 0.110. The molecule has 3 rings (SSSR count). The molecule has 1 amide bonds. The molecule has 1 saturated heterocycles. The third-order valence-corrected chi connectivity index (χ3v) is 4.81. The second-order valence-electron chi connectivity index (χ2n) is 5.42. The van der Waals surface area contributed by atoms with E-state index in [0.717, 1.165) is 0 Å². The van der Waals surface area contributed by atoms with Gasteiger partial charge in [0.25, 0.3) is 5.69 Å². The van der Waals surface area contributed by atoms with Gasteiger partial charge in [-0.2, -0.15) is 0 Å². The fourth-order valence-corrected chi connectivity index (χ4v) is 3.78. The third-order valence-electron chi connectivity index (χ3n) is 3.88. The number of nitro benzene ring substituents is 1. The molecule has 1 aromatic carbocycles. The summed E-state index contributed by atoms with van der Waals surface area (Å²) in [7, 11) is 0. The number of hydrogen-bond acceptors (Lipinski definition) is 7. The van der Waals surface area contributed by atoms with Crippen molar-refractivity contribution in [2.24, 2.45) is 4.99 Å². The molecule has 2 aliphatic heterocycles. The second-order valence-corrected chi connectivity index (χ2v) is 6.36. The summed E-state index contributed by atoms with van der Waals surface area (Å²) < 4.78 is 5.12. The quantitative estimate of drug-likeness (QED) is 0.464. The van der Waals surface area contributed by atoms with E-state index in [0.29, 0.717) is 16.4 Å². The van der Waals surface area contributed by atoms with Crippen molar-refractivity contribution in [1.82, 2.24) is 4.90 Å². The Morgan fingerprint density at radius 3 is 2.96 bits per heavy atom.